The molecule has 0 aliphatic carbocycles. The molecule has 180 valence electrons. The summed E-state index contributed by atoms with van der Waals surface area (Å²) >= 11 is 2.42. The first-order chi connectivity index (χ1) is 16.1. The molecule has 3 rings (SSSR count). The average Bonchev–Trinajstić information content (AvgIpc) is 3.28. The van der Waals surface area contributed by atoms with Crippen LogP contribution < -0.4 is 4.74 Å². The Morgan fingerprint density at radius 3 is 2.76 bits per heavy atom. The van der Waals surface area contributed by atoms with Crippen molar-refractivity contribution in [3.63, 3.8) is 0 Å². The Labute approximate surface area is 206 Å². The van der Waals surface area contributed by atoms with Crippen molar-refractivity contribution in [3.8, 4) is 5.88 Å². The van der Waals surface area contributed by atoms with Gasteiger partial charge in [-0.15, -0.1) is 4.37 Å². The Kier molecular flexibility index (Phi) is 10.2. The molecule has 2 atom stereocenters. The summed E-state index contributed by atoms with van der Waals surface area (Å²) in [5.74, 6) is 1.34. The van der Waals surface area contributed by atoms with E-state index in [2.05, 4.69) is 40.9 Å². The highest BCUT2D eigenvalue weighted by atomic mass is 32.2. The van der Waals surface area contributed by atoms with Gasteiger partial charge in [-0.25, -0.2) is 4.79 Å². The lowest BCUT2D eigenvalue weighted by molar-refractivity contribution is -0.946. The van der Waals surface area contributed by atoms with Gasteiger partial charge in [0.25, 0.3) is 5.88 Å². The molecule has 2 heterocycles. The fourth-order valence-electron chi connectivity index (χ4n) is 4.12. The van der Waals surface area contributed by atoms with Gasteiger partial charge in [0, 0.05) is 17.7 Å². The van der Waals surface area contributed by atoms with Crippen LogP contribution in [-0.4, -0.2) is 57.3 Å². The summed E-state index contributed by atoms with van der Waals surface area (Å²) in [6.45, 7) is 6.46. The lowest BCUT2D eigenvalue weighted by Crippen LogP contribution is -2.57. The first kappa shape index (κ1) is 25.7. The number of ether oxygens (including phenoxy) is 2. The predicted octanol–water partition coefficient (Wildman–Crippen LogP) is 6.19. The second kappa shape index (κ2) is 13.1. The number of carbonyl (C=O) groups excluding carboxylic acids is 1. The van der Waals surface area contributed by atoms with E-state index in [9.17, 15) is 4.79 Å². The highest BCUT2D eigenvalue weighted by molar-refractivity contribution is 8.13. The van der Waals surface area contributed by atoms with Gasteiger partial charge in [-0.3, -0.25) is 4.48 Å². The van der Waals surface area contributed by atoms with E-state index in [0.29, 0.717) is 29.1 Å². The van der Waals surface area contributed by atoms with Crippen LogP contribution in [0, 0.1) is 0 Å². The molecule has 0 spiro atoms. The van der Waals surface area contributed by atoms with Gasteiger partial charge in [-0.05, 0) is 23.7 Å². The number of unbranched alkanes of at least 4 members (excludes halogenated alkanes) is 3. The van der Waals surface area contributed by atoms with E-state index < -0.39 is 0 Å². The maximum atomic E-state index is 12.5. The maximum Gasteiger partial charge on any atom is 0.371 e. The average molecular weight is 491 g/mol. The molecule has 0 radical (unpaired) electrons. The molecule has 0 N–H and O–H groups in total. The maximum absolute atomic E-state index is 12.5. The summed E-state index contributed by atoms with van der Waals surface area (Å²) in [7, 11) is 2.18. The summed E-state index contributed by atoms with van der Waals surface area (Å²) in [6, 6.07) is 10.3. The largest absolute Gasteiger partial charge is 0.475 e. The van der Waals surface area contributed by atoms with Gasteiger partial charge in [0.2, 0.25) is 6.23 Å². The zero-order valence-electron chi connectivity index (χ0n) is 20.0. The molecule has 1 aromatic carbocycles. The number of likely N-dealkylation sites (N-methyl/N-ethyl adjacent to an activating group) is 1. The molecule has 1 aliphatic heterocycles. The number of benzene rings is 1. The SMILES string of the molecule is CCCCCCOc1nsnc1C1=CCC[N+](C)(C(Cc2ccccc2)OC(=O)SCC)C1. The summed E-state index contributed by atoms with van der Waals surface area (Å²) in [6.07, 6.45) is 8.17. The molecule has 0 saturated heterocycles. The molecular weight excluding hydrogens is 454 g/mol. The lowest BCUT2D eigenvalue weighted by Gasteiger charge is -2.42. The van der Waals surface area contributed by atoms with E-state index in [1.165, 1.54) is 48.3 Å². The number of quaternary nitrogens is 1. The number of nitrogens with zero attached hydrogens (tertiary/aromatic N) is 3. The minimum absolute atomic E-state index is 0.208. The molecule has 2 aromatic rings. The van der Waals surface area contributed by atoms with E-state index in [0.717, 1.165) is 37.2 Å². The third kappa shape index (κ3) is 7.55. The van der Waals surface area contributed by atoms with Crippen LogP contribution in [-0.2, 0) is 11.2 Å². The molecule has 1 aliphatic rings. The normalized spacial score (nSPS) is 19.1. The zero-order chi connectivity index (χ0) is 23.5. The number of thioether (sulfide) groups is 1. The van der Waals surface area contributed by atoms with E-state index in [-0.39, 0.29) is 11.5 Å². The van der Waals surface area contributed by atoms with Gasteiger partial charge in [0.05, 0.1) is 38.3 Å². The molecule has 1 aromatic heterocycles. The second-order valence-electron chi connectivity index (χ2n) is 8.65. The van der Waals surface area contributed by atoms with Gasteiger partial charge >= 0.3 is 5.30 Å². The lowest BCUT2D eigenvalue weighted by atomic mass is 10.0. The van der Waals surface area contributed by atoms with Crippen molar-refractivity contribution >= 4 is 34.4 Å². The van der Waals surface area contributed by atoms with Crippen LogP contribution in [0.3, 0.4) is 0 Å². The number of rotatable bonds is 12. The Morgan fingerprint density at radius 1 is 1.18 bits per heavy atom. The van der Waals surface area contributed by atoms with Crippen molar-refractivity contribution in [3.05, 3.63) is 47.7 Å². The van der Waals surface area contributed by atoms with Crippen molar-refractivity contribution in [1.29, 1.82) is 0 Å². The molecular formula is C25H36N3O3S2+. The summed E-state index contributed by atoms with van der Waals surface area (Å²) in [5, 5.41) is -0.208. The Morgan fingerprint density at radius 2 is 2.00 bits per heavy atom. The minimum atomic E-state index is -0.271. The second-order valence-corrected chi connectivity index (χ2v) is 10.4. The van der Waals surface area contributed by atoms with Gasteiger partial charge in [-0.2, -0.15) is 4.37 Å². The van der Waals surface area contributed by atoms with Crippen LogP contribution in [0.5, 0.6) is 5.88 Å². The van der Waals surface area contributed by atoms with E-state index in [4.69, 9.17) is 9.47 Å². The van der Waals surface area contributed by atoms with Crippen molar-refractivity contribution in [2.24, 2.45) is 0 Å². The number of carbonyl (C=O) groups is 1. The molecule has 0 fully saturated rings. The predicted molar refractivity (Wildman–Crippen MR) is 137 cm³/mol. The zero-order valence-corrected chi connectivity index (χ0v) is 21.6. The monoisotopic (exact) mass is 490 g/mol. The quantitative estimate of drug-likeness (QED) is 0.201. The highest BCUT2D eigenvalue weighted by Crippen LogP contribution is 2.33. The fraction of sp³-hybridized carbons (Fsp3) is 0.560. The van der Waals surface area contributed by atoms with Crippen LogP contribution in [0.25, 0.3) is 5.57 Å². The third-order valence-corrected chi connectivity index (χ3v) is 7.14. The molecule has 0 bridgehead atoms. The van der Waals surface area contributed by atoms with Gasteiger partial charge < -0.3 is 9.47 Å². The van der Waals surface area contributed by atoms with E-state index in [1.807, 2.05) is 25.1 Å². The number of aromatic nitrogens is 2. The Hall–Kier alpha value is -1.90. The van der Waals surface area contributed by atoms with Crippen molar-refractivity contribution in [2.45, 2.75) is 58.6 Å². The first-order valence-corrected chi connectivity index (χ1v) is 13.6. The van der Waals surface area contributed by atoms with E-state index >= 15 is 0 Å². The van der Waals surface area contributed by atoms with Crippen molar-refractivity contribution in [1.82, 2.24) is 8.75 Å². The van der Waals surface area contributed by atoms with Crippen LogP contribution in [0.1, 0.15) is 57.2 Å². The van der Waals surface area contributed by atoms with Gasteiger partial charge in [0.15, 0.2) is 0 Å². The molecule has 33 heavy (non-hydrogen) atoms. The summed E-state index contributed by atoms with van der Waals surface area (Å²) < 4.78 is 21.6. The van der Waals surface area contributed by atoms with Crippen molar-refractivity contribution in [2.75, 3.05) is 32.5 Å². The van der Waals surface area contributed by atoms with Crippen LogP contribution in [0.15, 0.2) is 36.4 Å². The van der Waals surface area contributed by atoms with E-state index in [1.54, 1.807) is 0 Å². The number of hydrogen-bond acceptors (Lipinski definition) is 7. The topological polar surface area (TPSA) is 61.3 Å². The summed E-state index contributed by atoms with van der Waals surface area (Å²) in [5.41, 5.74) is 3.13. The minimum Gasteiger partial charge on any atom is -0.475 e. The van der Waals surface area contributed by atoms with Crippen LogP contribution in [0.4, 0.5) is 4.79 Å². The van der Waals surface area contributed by atoms with Gasteiger partial charge in [0.1, 0.15) is 12.2 Å². The highest BCUT2D eigenvalue weighted by Gasteiger charge is 2.39. The number of hydrogen-bond donors (Lipinski definition) is 0. The first-order valence-electron chi connectivity index (χ1n) is 11.9. The molecule has 6 nitrogen and oxygen atoms in total. The molecule has 0 amide bonds. The van der Waals surface area contributed by atoms with Crippen LogP contribution in [0.2, 0.25) is 0 Å². The molecule has 0 saturated carbocycles. The van der Waals surface area contributed by atoms with Crippen molar-refractivity contribution < 1.29 is 18.8 Å². The molecule has 2 unspecified atom stereocenters. The Bertz CT molecular complexity index is 903. The smallest absolute Gasteiger partial charge is 0.371 e. The van der Waals surface area contributed by atoms with Crippen LogP contribution >= 0.6 is 23.5 Å². The Balaban J connectivity index is 1.74. The molecule has 8 heteroatoms. The van der Waals surface area contributed by atoms with Gasteiger partial charge in [-0.1, -0.05) is 69.5 Å². The standard InChI is InChI=1S/C25H36N3O3S2/c1-4-6-7-11-17-30-24-23(26-33-27-24)21-15-12-16-28(3,19-21)22(31-25(29)32-5-2)18-20-13-9-8-10-14-20/h8-10,13-15,22H,4-7,11-12,16-19H2,1-3H3/q+1. The third-order valence-electron chi connectivity index (χ3n) is 6.00. The summed E-state index contributed by atoms with van der Waals surface area (Å²) in [4.78, 5) is 12.5. The fourth-order valence-corrected chi connectivity index (χ4v) is 5.07.